The van der Waals surface area contributed by atoms with Gasteiger partial charge in [0, 0.05) is 55.9 Å². The summed E-state index contributed by atoms with van der Waals surface area (Å²) in [6.07, 6.45) is 0. The van der Waals surface area contributed by atoms with Crippen molar-refractivity contribution in [3.05, 3.63) is 106 Å². The molecular weight excluding hydrogens is 480 g/mol. The molecule has 0 saturated carbocycles. The number of ether oxygens (including phenoxy) is 2. The highest BCUT2D eigenvalue weighted by Crippen LogP contribution is 2.59. The highest BCUT2D eigenvalue weighted by atomic mass is 16.5. The van der Waals surface area contributed by atoms with Crippen molar-refractivity contribution < 1.29 is 18.3 Å². The first-order valence-electron chi connectivity index (χ1n) is 12.2. The van der Waals surface area contributed by atoms with Gasteiger partial charge < -0.3 is 18.3 Å². The lowest BCUT2D eigenvalue weighted by Crippen LogP contribution is -2.06. The maximum atomic E-state index is 12.1. The molecule has 0 radical (unpaired) electrons. The van der Waals surface area contributed by atoms with Crippen molar-refractivity contribution in [3.8, 4) is 45.3 Å². The van der Waals surface area contributed by atoms with E-state index in [1.54, 1.807) is 12.1 Å². The minimum absolute atomic E-state index is 0.418. The molecule has 0 bridgehead atoms. The summed E-state index contributed by atoms with van der Waals surface area (Å²) in [7, 11) is 0. The second kappa shape index (κ2) is 6.69. The average Bonchev–Trinajstić information content (AvgIpc) is 2.95. The Morgan fingerprint density at radius 2 is 0.921 bits per heavy atom. The van der Waals surface area contributed by atoms with E-state index in [1.165, 1.54) is 12.1 Å². The first-order chi connectivity index (χ1) is 18.7. The summed E-state index contributed by atoms with van der Waals surface area (Å²) in [5.41, 5.74) is 3.64. The standard InChI is InChI=1S/C32H14O6/c33-23-13-7-15-5-9-19-25-17-3-1-2-4-18(17)26-20-10-6-16-8-14-24(34)38-30(16)32(20)36-22-12-11-21(27(25)28(22)26)35-31(19)29(15)37-23/h1-14H. The molecule has 0 atom stereocenters. The molecule has 5 aromatic carbocycles. The largest absolute Gasteiger partial charge is 0.452 e. The van der Waals surface area contributed by atoms with Crippen LogP contribution in [0.4, 0.5) is 0 Å². The SMILES string of the molecule is O=c1ccc2ccc3c(c2o1)Oc1ccc2c4c(c5ccccc5c-3c14)-c1ccc3ccc(=O)oc3c1O2. The molecule has 0 aliphatic carbocycles. The fourth-order valence-corrected chi connectivity index (χ4v) is 6.01. The number of rotatable bonds is 0. The molecule has 0 N–H and O–H groups in total. The van der Waals surface area contributed by atoms with Crippen molar-refractivity contribution in [1.29, 1.82) is 0 Å². The molecule has 178 valence electrons. The van der Waals surface area contributed by atoms with Crippen LogP contribution in [-0.4, -0.2) is 0 Å². The van der Waals surface area contributed by atoms with Crippen LogP contribution in [0.2, 0.25) is 0 Å². The molecule has 0 spiro atoms. The Bertz CT molecular complexity index is 2180. The second-order valence-electron chi connectivity index (χ2n) is 9.54. The zero-order chi connectivity index (χ0) is 25.1. The van der Waals surface area contributed by atoms with Crippen molar-refractivity contribution in [2.45, 2.75) is 0 Å². The molecule has 7 aromatic rings. The van der Waals surface area contributed by atoms with Crippen LogP contribution in [0, 0.1) is 0 Å². The first kappa shape index (κ1) is 19.8. The van der Waals surface area contributed by atoms with Gasteiger partial charge in [0.05, 0.1) is 0 Å². The summed E-state index contributed by atoms with van der Waals surface area (Å²) in [5, 5.41) is 5.46. The summed E-state index contributed by atoms with van der Waals surface area (Å²) in [4.78, 5) is 24.2. The Balaban J connectivity index is 1.50. The maximum absolute atomic E-state index is 12.1. The van der Waals surface area contributed by atoms with E-state index >= 15 is 0 Å². The molecular formula is C32H14O6. The van der Waals surface area contributed by atoms with Crippen molar-refractivity contribution in [3.63, 3.8) is 0 Å². The van der Waals surface area contributed by atoms with Crippen LogP contribution in [0.5, 0.6) is 23.0 Å². The van der Waals surface area contributed by atoms with E-state index < -0.39 is 11.3 Å². The van der Waals surface area contributed by atoms with Crippen molar-refractivity contribution in [2.24, 2.45) is 0 Å². The molecule has 38 heavy (non-hydrogen) atoms. The lowest BCUT2D eigenvalue weighted by atomic mass is 9.82. The number of benzene rings is 5. The third-order valence-electron chi connectivity index (χ3n) is 7.55. The van der Waals surface area contributed by atoms with Gasteiger partial charge in [-0.1, -0.05) is 36.4 Å². The lowest BCUT2D eigenvalue weighted by molar-refractivity contribution is 0.459. The predicted octanol–water partition coefficient (Wildman–Crippen LogP) is 7.75. The highest BCUT2D eigenvalue weighted by Gasteiger charge is 2.33. The van der Waals surface area contributed by atoms with E-state index in [-0.39, 0.29) is 0 Å². The van der Waals surface area contributed by atoms with Gasteiger partial charge in [0.25, 0.3) is 0 Å². The van der Waals surface area contributed by atoms with E-state index in [1.807, 2.05) is 48.5 Å². The quantitative estimate of drug-likeness (QED) is 0.158. The molecule has 6 nitrogen and oxygen atoms in total. The van der Waals surface area contributed by atoms with Gasteiger partial charge >= 0.3 is 11.3 Å². The minimum Gasteiger partial charge on any atom is -0.452 e. The molecule has 6 heteroatoms. The van der Waals surface area contributed by atoms with Crippen LogP contribution in [0.15, 0.2) is 103 Å². The Morgan fingerprint density at radius 3 is 1.39 bits per heavy atom. The Hall–Kier alpha value is -5.36. The van der Waals surface area contributed by atoms with Crippen molar-refractivity contribution >= 4 is 43.5 Å². The van der Waals surface area contributed by atoms with Gasteiger partial charge in [-0.25, -0.2) is 9.59 Å². The van der Waals surface area contributed by atoms with Crippen LogP contribution < -0.4 is 20.7 Å². The zero-order valence-electron chi connectivity index (χ0n) is 19.5. The molecule has 9 rings (SSSR count). The third-order valence-corrected chi connectivity index (χ3v) is 7.55. The van der Waals surface area contributed by atoms with Gasteiger partial charge in [-0.15, -0.1) is 0 Å². The number of hydrogen-bond donors (Lipinski definition) is 0. The van der Waals surface area contributed by atoms with E-state index in [4.69, 9.17) is 18.3 Å². The molecule has 0 amide bonds. The van der Waals surface area contributed by atoms with Gasteiger partial charge in [0.15, 0.2) is 22.7 Å². The predicted molar refractivity (Wildman–Crippen MR) is 145 cm³/mol. The fraction of sp³-hybridized carbons (Fsp3) is 0. The van der Waals surface area contributed by atoms with E-state index in [0.29, 0.717) is 34.2 Å². The topological polar surface area (TPSA) is 78.9 Å². The average molecular weight is 494 g/mol. The monoisotopic (exact) mass is 494 g/mol. The minimum atomic E-state index is -0.431. The van der Waals surface area contributed by atoms with Gasteiger partial charge in [0.2, 0.25) is 0 Å². The fourth-order valence-electron chi connectivity index (χ4n) is 6.01. The van der Waals surface area contributed by atoms with Crippen LogP contribution in [0.1, 0.15) is 0 Å². The normalized spacial score (nSPS) is 12.8. The molecule has 0 unspecified atom stereocenters. The van der Waals surface area contributed by atoms with Crippen LogP contribution >= 0.6 is 0 Å². The lowest BCUT2D eigenvalue weighted by Gasteiger charge is -2.29. The van der Waals surface area contributed by atoms with Crippen molar-refractivity contribution in [2.75, 3.05) is 0 Å². The van der Waals surface area contributed by atoms with E-state index in [0.717, 1.165) is 54.6 Å². The van der Waals surface area contributed by atoms with Gasteiger partial charge in [-0.2, -0.15) is 0 Å². The summed E-state index contributed by atoms with van der Waals surface area (Å²) in [6, 6.07) is 26.1. The van der Waals surface area contributed by atoms with E-state index in [9.17, 15) is 9.59 Å². The molecule has 2 aliphatic rings. The molecule has 4 heterocycles. The highest BCUT2D eigenvalue weighted by molar-refractivity contribution is 6.27. The second-order valence-corrected chi connectivity index (χ2v) is 9.54. The van der Waals surface area contributed by atoms with E-state index in [2.05, 4.69) is 12.1 Å². The van der Waals surface area contributed by atoms with Gasteiger partial charge in [-0.3, -0.25) is 0 Å². The Kier molecular flexibility index (Phi) is 3.48. The molecule has 0 fully saturated rings. The molecule has 0 saturated heterocycles. The smallest absolute Gasteiger partial charge is 0.336 e. The molecule has 2 aromatic heterocycles. The van der Waals surface area contributed by atoms with Crippen LogP contribution in [-0.2, 0) is 0 Å². The van der Waals surface area contributed by atoms with Crippen LogP contribution in [0.25, 0.3) is 65.7 Å². The summed E-state index contributed by atoms with van der Waals surface area (Å²) < 4.78 is 24.2. The Morgan fingerprint density at radius 1 is 0.474 bits per heavy atom. The summed E-state index contributed by atoms with van der Waals surface area (Å²) in [6.45, 7) is 0. The first-order valence-corrected chi connectivity index (χ1v) is 12.2. The Labute approximate surface area is 212 Å². The number of fused-ring (bicyclic) bond motifs is 11. The summed E-state index contributed by atoms with van der Waals surface area (Å²) >= 11 is 0. The molecule has 2 aliphatic heterocycles. The van der Waals surface area contributed by atoms with Gasteiger partial charge in [0.1, 0.15) is 11.5 Å². The third kappa shape index (κ3) is 2.37. The number of hydrogen-bond acceptors (Lipinski definition) is 6. The van der Waals surface area contributed by atoms with Crippen LogP contribution in [0.3, 0.4) is 0 Å². The van der Waals surface area contributed by atoms with Crippen molar-refractivity contribution in [1.82, 2.24) is 0 Å². The zero-order valence-corrected chi connectivity index (χ0v) is 19.5. The summed E-state index contributed by atoms with van der Waals surface area (Å²) in [5.74, 6) is 2.34. The van der Waals surface area contributed by atoms with Gasteiger partial charge in [-0.05, 0) is 47.2 Å². The maximum Gasteiger partial charge on any atom is 0.336 e.